The molecule has 2 rings (SSSR count). The Kier molecular flexibility index (Phi) is 2.68. The highest BCUT2D eigenvalue weighted by molar-refractivity contribution is 5.38. The number of nitrogen functional groups attached to an aromatic ring is 1. The van der Waals surface area contributed by atoms with Crippen molar-refractivity contribution in [3.05, 3.63) is 48.2 Å². The van der Waals surface area contributed by atoms with Crippen LogP contribution in [-0.4, -0.2) is 4.98 Å². The van der Waals surface area contributed by atoms with Gasteiger partial charge in [0.1, 0.15) is 17.3 Å². The lowest BCUT2D eigenvalue weighted by Gasteiger charge is -2.05. The van der Waals surface area contributed by atoms with Crippen LogP contribution in [0.5, 0.6) is 11.5 Å². The molecule has 0 radical (unpaired) electrons. The fourth-order valence-electron chi connectivity index (χ4n) is 1.17. The van der Waals surface area contributed by atoms with E-state index in [2.05, 4.69) is 4.98 Å². The van der Waals surface area contributed by atoms with Crippen LogP contribution in [0.15, 0.2) is 36.5 Å². The van der Waals surface area contributed by atoms with E-state index in [9.17, 15) is 8.78 Å². The number of nitrogens with zero attached hydrogens (tertiary/aromatic N) is 1. The van der Waals surface area contributed by atoms with E-state index in [4.69, 9.17) is 10.5 Å². The van der Waals surface area contributed by atoms with Crippen LogP contribution in [0.1, 0.15) is 0 Å². The highest BCUT2D eigenvalue weighted by Crippen LogP contribution is 2.23. The molecule has 0 fully saturated rings. The van der Waals surface area contributed by atoms with Crippen LogP contribution in [-0.2, 0) is 0 Å². The van der Waals surface area contributed by atoms with Gasteiger partial charge in [-0.3, -0.25) is 0 Å². The number of hydrogen-bond donors (Lipinski definition) is 1. The number of rotatable bonds is 2. The topological polar surface area (TPSA) is 48.1 Å². The number of anilines is 1. The standard InChI is InChI=1S/C11H8F2N2O/c12-9-2-1-7(5-10(9)13)16-8-3-4-15-11(14)6-8/h1-6H,(H2,14,15). The molecule has 3 nitrogen and oxygen atoms in total. The number of aromatic nitrogens is 1. The molecule has 16 heavy (non-hydrogen) atoms. The quantitative estimate of drug-likeness (QED) is 0.849. The van der Waals surface area contributed by atoms with Crippen LogP contribution in [0.25, 0.3) is 0 Å². The van der Waals surface area contributed by atoms with Gasteiger partial charge in [-0.15, -0.1) is 0 Å². The first-order valence-electron chi connectivity index (χ1n) is 4.49. The van der Waals surface area contributed by atoms with Crippen molar-refractivity contribution in [3.8, 4) is 11.5 Å². The minimum Gasteiger partial charge on any atom is -0.457 e. The largest absolute Gasteiger partial charge is 0.457 e. The SMILES string of the molecule is Nc1cc(Oc2ccc(F)c(F)c2)ccn1. The van der Waals surface area contributed by atoms with Crippen molar-refractivity contribution < 1.29 is 13.5 Å². The van der Waals surface area contributed by atoms with Gasteiger partial charge < -0.3 is 10.5 Å². The van der Waals surface area contributed by atoms with Gasteiger partial charge in [0.05, 0.1) is 0 Å². The summed E-state index contributed by atoms with van der Waals surface area (Å²) in [6.45, 7) is 0. The Morgan fingerprint density at radius 3 is 2.44 bits per heavy atom. The number of nitrogens with two attached hydrogens (primary N) is 1. The van der Waals surface area contributed by atoms with Crippen molar-refractivity contribution in [2.24, 2.45) is 0 Å². The maximum atomic E-state index is 12.9. The molecule has 0 amide bonds. The van der Waals surface area contributed by atoms with Crippen molar-refractivity contribution in [3.63, 3.8) is 0 Å². The summed E-state index contributed by atoms with van der Waals surface area (Å²) in [7, 11) is 0. The molecule has 0 aliphatic rings. The Morgan fingerprint density at radius 1 is 1.00 bits per heavy atom. The van der Waals surface area contributed by atoms with E-state index >= 15 is 0 Å². The Balaban J connectivity index is 2.24. The van der Waals surface area contributed by atoms with E-state index in [0.29, 0.717) is 11.6 Å². The molecule has 1 heterocycles. The number of pyridine rings is 1. The predicted molar refractivity (Wildman–Crippen MR) is 55.1 cm³/mol. The zero-order valence-electron chi connectivity index (χ0n) is 8.15. The summed E-state index contributed by atoms with van der Waals surface area (Å²) in [5.41, 5.74) is 5.44. The van der Waals surface area contributed by atoms with Crippen LogP contribution < -0.4 is 10.5 Å². The molecule has 0 bridgehead atoms. The van der Waals surface area contributed by atoms with Crippen molar-refractivity contribution in [1.82, 2.24) is 4.98 Å². The summed E-state index contributed by atoms with van der Waals surface area (Å²) in [5, 5.41) is 0. The minimum atomic E-state index is -0.959. The molecule has 1 aromatic heterocycles. The fraction of sp³-hybridized carbons (Fsp3) is 0. The average molecular weight is 222 g/mol. The number of ether oxygens (including phenoxy) is 1. The number of halogens is 2. The molecule has 5 heteroatoms. The summed E-state index contributed by atoms with van der Waals surface area (Å²) >= 11 is 0. The molecule has 0 unspecified atom stereocenters. The monoisotopic (exact) mass is 222 g/mol. The zero-order chi connectivity index (χ0) is 11.5. The second kappa shape index (κ2) is 4.14. The maximum absolute atomic E-state index is 12.9. The normalized spacial score (nSPS) is 10.1. The average Bonchev–Trinajstić information content (AvgIpc) is 2.24. The van der Waals surface area contributed by atoms with E-state index < -0.39 is 11.6 Å². The molecule has 0 atom stereocenters. The van der Waals surface area contributed by atoms with Gasteiger partial charge in [0.25, 0.3) is 0 Å². The summed E-state index contributed by atoms with van der Waals surface area (Å²) in [6, 6.07) is 6.34. The Labute approximate surface area is 90.5 Å². The third-order valence-electron chi connectivity index (χ3n) is 1.88. The maximum Gasteiger partial charge on any atom is 0.162 e. The summed E-state index contributed by atoms with van der Waals surface area (Å²) in [5.74, 6) is -0.968. The second-order valence-electron chi connectivity index (χ2n) is 3.09. The lowest BCUT2D eigenvalue weighted by molar-refractivity contribution is 0.461. The zero-order valence-corrected chi connectivity index (χ0v) is 8.15. The highest BCUT2D eigenvalue weighted by atomic mass is 19.2. The molecule has 1 aromatic carbocycles. The summed E-state index contributed by atoms with van der Waals surface area (Å²) in [6.07, 6.45) is 1.46. The van der Waals surface area contributed by atoms with Gasteiger partial charge >= 0.3 is 0 Å². The van der Waals surface area contributed by atoms with Crippen LogP contribution in [0.2, 0.25) is 0 Å². The van der Waals surface area contributed by atoms with Gasteiger partial charge in [0.15, 0.2) is 11.6 Å². The molecule has 0 aliphatic heterocycles. The molecular weight excluding hydrogens is 214 g/mol. The molecule has 2 N–H and O–H groups in total. The van der Waals surface area contributed by atoms with E-state index in [1.807, 2.05) is 0 Å². The van der Waals surface area contributed by atoms with E-state index in [-0.39, 0.29) is 5.75 Å². The highest BCUT2D eigenvalue weighted by Gasteiger charge is 2.04. The number of benzene rings is 1. The van der Waals surface area contributed by atoms with Crippen molar-refractivity contribution in [1.29, 1.82) is 0 Å². The lowest BCUT2D eigenvalue weighted by atomic mass is 10.3. The first kappa shape index (κ1) is 10.4. The molecule has 0 saturated carbocycles. The fourth-order valence-corrected chi connectivity index (χ4v) is 1.17. The summed E-state index contributed by atoms with van der Waals surface area (Å²) < 4.78 is 30.8. The van der Waals surface area contributed by atoms with Gasteiger partial charge in [0.2, 0.25) is 0 Å². The predicted octanol–water partition coefficient (Wildman–Crippen LogP) is 2.73. The van der Waals surface area contributed by atoms with Crippen molar-refractivity contribution >= 4 is 5.82 Å². The van der Waals surface area contributed by atoms with Gasteiger partial charge in [-0.2, -0.15) is 0 Å². The van der Waals surface area contributed by atoms with Gasteiger partial charge in [-0.05, 0) is 18.2 Å². The van der Waals surface area contributed by atoms with Crippen molar-refractivity contribution in [2.75, 3.05) is 5.73 Å². The van der Waals surface area contributed by atoms with E-state index in [1.54, 1.807) is 6.07 Å². The molecule has 0 saturated heterocycles. The smallest absolute Gasteiger partial charge is 0.162 e. The van der Waals surface area contributed by atoms with Crippen LogP contribution in [0.4, 0.5) is 14.6 Å². The van der Waals surface area contributed by atoms with Crippen LogP contribution in [0.3, 0.4) is 0 Å². The van der Waals surface area contributed by atoms with Gasteiger partial charge in [-0.25, -0.2) is 13.8 Å². The Hall–Kier alpha value is -2.17. The number of hydrogen-bond acceptors (Lipinski definition) is 3. The van der Waals surface area contributed by atoms with E-state index in [0.717, 1.165) is 12.1 Å². The van der Waals surface area contributed by atoms with Gasteiger partial charge in [0, 0.05) is 18.3 Å². The third-order valence-corrected chi connectivity index (χ3v) is 1.88. The Bertz CT molecular complexity index is 517. The second-order valence-corrected chi connectivity index (χ2v) is 3.09. The molecule has 0 spiro atoms. The lowest BCUT2D eigenvalue weighted by Crippen LogP contribution is -1.91. The molecular formula is C11H8F2N2O. The van der Waals surface area contributed by atoms with Gasteiger partial charge in [-0.1, -0.05) is 0 Å². The van der Waals surface area contributed by atoms with Crippen molar-refractivity contribution in [2.45, 2.75) is 0 Å². The molecule has 2 aromatic rings. The summed E-state index contributed by atoms with van der Waals surface area (Å²) in [4.78, 5) is 3.78. The first-order chi connectivity index (χ1) is 7.65. The molecule has 82 valence electrons. The van der Waals surface area contributed by atoms with Crippen LogP contribution >= 0.6 is 0 Å². The third kappa shape index (κ3) is 2.25. The Morgan fingerprint density at radius 2 is 1.75 bits per heavy atom. The minimum absolute atomic E-state index is 0.199. The van der Waals surface area contributed by atoms with Crippen LogP contribution in [0, 0.1) is 11.6 Å². The first-order valence-corrected chi connectivity index (χ1v) is 4.49. The molecule has 0 aliphatic carbocycles. The van der Waals surface area contributed by atoms with E-state index in [1.165, 1.54) is 18.3 Å².